The van der Waals surface area contributed by atoms with Gasteiger partial charge in [0.2, 0.25) is 0 Å². The highest BCUT2D eigenvalue weighted by molar-refractivity contribution is 7.09. The van der Waals surface area contributed by atoms with E-state index in [1.807, 2.05) is 19.9 Å². The van der Waals surface area contributed by atoms with E-state index in [-0.39, 0.29) is 49.1 Å². The summed E-state index contributed by atoms with van der Waals surface area (Å²) in [5.41, 5.74) is 2.79. The van der Waals surface area contributed by atoms with E-state index in [1.165, 1.54) is 6.07 Å². The van der Waals surface area contributed by atoms with Gasteiger partial charge in [-0.3, -0.25) is 4.79 Å². The standard InChI is InChI=1S/C25H26F3NO3S/c1-5-31-22(30)9-7-16-11-17(26)12-21(28)24(16)32-13-19-23(14(2)3)29-33-25(19)18-8-6-15(4)10-20(18)27/h6,8,10-12,14H,5,7,9,13H2,1-4H3. The minimum absolute atomic E-state index is 0.0310. The number of benzene rings is 2. The number of hydrogen-bond acceptors (Lipinski definition) is 5. The first-order valence-electron chi connectivity index (χ1n) is 10.7. The van der Waals surface area contributed by atoms with Crippen LogP contribution < -0.4 is 4.74 Å². The predicted octanol–water partition coefficient (Wildman–Crippen LogP) is 6.73. The molecule has 0 saturated heterocycles. The lowest BCUT2D eigenvalue weighted by Gasteiger charge is -2.15. The van der Waals surface area contributed by atoms with Crippen LogP contribution in [0.3, 0.4) is 0 Å². The first-order chi connectivity index (χ1) is 15.7. The molecule has 0 N–H and O–H groups in total. The monoisotopic (exact) mass is 477 g/mol. The van der Waals surface area contributed by atoms with Crippen molar-refractivity contribution in [2.45, 2.75) is 53.1 Å². The normalized spacial score (nSPS) is 11.2. The molecule has 0 unspecified atom stereocenters. The SMILES string of the molecule is CCOC(=O)CCc1cc(F)cc(F)c1OCc1c(C(C)C)nsc1-c1ccc(C)cc1F. The molecule has 0 spiro atoms. The Hall–Kier alpha value is -2.87. The van der Waals surface area contributed by atoms with Crippen molar-refractivity contribution in [3.63, 3.8) is 0 Å². The van der Waals surface area contributed by atoms with Gasteiger partial charge in [0.25, 0.3) is 0 Å². The number of nitrogens with zero attached hydrogens (tertiary/aromatic N) is 1. The second-order valence-electron chi connectivity index (χ2n) is 7.98. The lowest BCUT2D eigenvalue weighted by molar-refractivity contribution is -0.143. The molecular weight excluding hydrogens is 451 g/mol. The van der Waals surface area contributed by atoms with E-state index >= 15 is 0 Å². The maximum atomic E-state index is 14.7. The number of aryl methyl sites for hydroxylation is 2. The summed E-state index contributed by atoms with van der Waals surface area (Å²) in [6.45, 7) is 7.54. The Morgan fingerprint density at radius 2 is 1.88 bits per heavy atom. The van der Waals surface area contributed by atoms with Crippen molar-refractivity contribution in [2.24, 2.45) is 0 Å². The third-order valence-corrected chi connectivity index (χ3v) is 6.02. The zero-order chi connectivity index (χ0) is 24.1. The van der Waals surface area contributed by atoms with Crippen LogP contribution in [0.2, 0.25) is 0 Å². The zero-order valence-corrected chi connectivity index (χ0v) is 19.8. The highest BCUT2D eigenvalue weighted by Gasteiger charge is 2.22. The first-order valence-corrected chi connectivity index (χ1v) is 11.5. The van der Waals surface area contributed by atoms with Crippen LogP contribution in [0, 0.1) is 24.4 Å². The third-order valence-electron chi connectivity index (χ3n) is 5.08. The smallest absolute Gasteiger partial charge is 0.306 e. The van der Waals surface area contributed by atoms with Crippen LogP contribution in [-0.2, 0) is 22.6 Å². The molecule has 4 nitrogen and oxygen atoms in total. The number of halogens is 3. The molecule has 33 heavy (non-hydrogen) atoms. The predicted molar refractivity (Wildman–Crippen MR) is 122 cm³/mol. The second kappa shape index (κ2) is 10.8. The highest BCUT2D eigenvalue weighted by Crippen LogP contribution is 2.37. The van der Waals surface area contributed by atoms with Gasteiger partial charge in [-0.2, -0.15) is 4.37 Å². The molecule has 3 rings (SSSR count). The summed E-state index contributed by atoms with van der Waals surface area (Å²) >= 11 is 1.16. The largest absolute Gasteiger partial charge is 0.485 e. The van der Waals surface area contributed by atoms with Crippen molar-refractivity contribution < 1.29 is 27.4 Å². The van der Waals surface area contributed by atoms with Crippen LogP contribution in [0.4, 0.5) is 13.2 Å². The number of hydrogen-bond donors (Lipinski definition) is 0. The van der Waals surface area contributed by atoms with E-state index in [2.05, 4.69) is 4.37 Å². The first kappa shape index (κ1) is 24.8. The van der Waals surface area contributed by atoms with Crippen LogP contribution >= 0.6 is 11.5 Å². The lowest BCUT2D eigenvalue weighted by atomic mass is 10.0. The van der Waals surface area contributed by atoms with Crippen molar-refractivity contribution in [1.82, 2.24) is 4.37 Å². The molecule has 0 radical (unpaired) electrons. The molecule has 0 bridgehead atoms. The van der Waals surface area contributed by atoms with E-state index in [1.54, 1.807) is 19.9 Å². The van der Waals surface area contributed by atoms with Gasteiger partial charge in [0.05, 0.1) is 17.2 Å². The summed E-state index contributed by atoms with van der Waals surface area (Å²) in [6.07, 6.45) is 0.0192. The van der Waals surface area contributed by atoms with Gasteiger partial charge in [0.15, 0.2) is 11.6 Å². The van der Waals surface area contributed by atoms with Crippen molar-refractivity contribution >= 4 is 17.5 Å². The topological polar surface area (TPSA) is 48.4 Å². The summed E-state index contributed by atoms with van der Waals surface area (Å²) in [6, 6.07) is 6.83. The molecule has 0 amide bonds. The quantitative estimate of drug-likeness (QED) is 0.321. The molecular formula is C25H26F3NO3S. The number of aromatic nitrogens is 1. The molecule has 0 fully saturated rings. The maximum absolute atomic E-state index is 14.7. The molecule has 1 aromatic heterocycles. The fourth-order valence-electron chi connectivity index (χ4n) is 3.51. The summed E-state index contributed by atoms with van der Waals surface area (Å²) in [5, 5.41) is 0. The molecule has 176 valence electrons. The number of carbonyl (C=O) groups is 1. The van der Waals surface area contributed by atoms with E-state index in [0.717, 1.165) is 34.9 Å². The van der Waals surface area contributed by atoms with Gasteiger partial charge in [0, 0.05) is 29.2 Å². The van der Waals surface area contributed by atoms with Gasteiger partial charge in [-0.1, -0.05) is 26.0 Å². The molecule has 0 aliphatic carbocycles. The minimum atomic E-state index is -0.869. The molecule has 1 heterocycles. The van der Waals surface area contributed by atoms with Gasteiger partial charge in [-0.25, -0.2) is 13.2 Å². The van der Waals surface area contributed by atoms with Crippen LogP contribution in [-0.4, -0.2) is 16.9 Å². The van der Waals surface area contributed by atoms with Crippen LogP contribution in [0.1, 0.15) is 55.5 Å². The Bertz CT molecular complexity index is 1140. The van der Waals surface area contributed by atoms with E-state index in [0.29, 0.717) is 16.0 Å². The van der Waals surface area contributed by atoms with Crippen molar-refractivity contribution in [3.05, 3.63) is 70.2 Å². The molecule has 0 aliphatic heterocycles. The lowest BCUT2D eigenvalue weighted by Crippen LogP contribution is -2.08. The Balaban J connectivity index is 1.93. The minimum Gasteiger partial charge on any atom is -0.485 e. The zero-order valence-electron chi connectivity index (χ0n) is 19.0. The maximum Gasteiger partial charge on any atom is 0.306 e. The van der Waals surface area contributed by atoms with E-state index < -0.39 is 17.6 Å². The van der Waals surface area contributed by atoms with Crippen LogP contribution in [0.15, 0.2) is 30.3 Å². The van der Waals surface area contributed by atoms with E-state index in [9.17, 15) is 18.0 Å². The van der Waals surface area contributed by atoms with Crippen LogP contribution in [0.5, 0.6) is 5.75 Å². The molecule has 0 atom stereocenters. The van der Waals surface area contributed by atoms with Gasteiger partial charge < -0.3 is 9.47 Å². The average molecular weight is 478 g/mol. The summed E-state index contributed by atoms with van der Waals surface area (Å²) < 4.78 is 58.4. The number of rotatable bonds is 9. The molecule has 2 aromatic carbocycles. The summed E-state index contributed by atoms with van der Waals surface area (Å²) in [4.78, 5) is 12.3. The van der Waals surface area contributed by atoms with Gasteiger partial charge in [-0.15, -0.1) is 0 Å². The Morgan fingerprint density at radius 3 is 2.55 bits per heavy atom. The Morgan fingerprint density at radius 1 is 1.12 bits per heavy atom. The summed E-state index contributed by atoms with van der Waals surface area (Å²) in [7, 11) is 0. The van der Waals surface area contributed by atoms with Crippen LogP contribution in [0.25, 0.3) is 10.4 Å². The van der Waals surface area contributed by atoms with Gasteiger partial charge >= 0.3 is 5.97 Å². The van der Waals surface area contributed by atoms with Gasteiger partial charge in [0.1, 0.15) is 18.2 Å². The number of carbonyl (C=O) groups excluding carboxylic acids is 1. The Labute approximate surface area is 195 Å². The van der Waals surface area contributed by atoms with Crippen molar-refractivity contribution in [1.29, 1.82) is 0 Å². The molecule has 8 heteroatoms. The third kappa shape index (κ3) is 5.93. The highest BCUT2D eigenvalue weighted by atomic mass is 32.1. The molecule has 3 aromatic rings. The number of ether oxygens (including phenoxy) is 2. The van der Waals surface area contributed by atoms with Crippen molar-refractivity contribution in [3.8, 4) is 16.2 Å². The fourth-order valence-corrected chi connectivity index (χ4v) is 4.55. The summed E-state index contributed by atoms with van der Waals surface area (Å²) in [5.74, 6) is -2.58. The molecule has 0 saturated carbocycles. The van der Waals surface area contributed by atoms with Crippen molar-refractivity contribution in [2.75, 3.05) is 6.61 Å². The average Bonchev–Trinajstić information content (AvgIpc) is 3.15. The Kier molecular flexibility index (Phi) is 8.13. The second-order valence-corrected chi connectivity index (χ2v) is 8.76. The fraction of sp³-hybridized carbons (Fsp3) is 0.360. The van der Waals surface area contributed by atoms with Gasteiger partial charge in [-0.05, 0) is 55.4 Å². The molecule has 0 aliphatic rings. The number of esters is 1. The van der Waals surface area contributed by atoms with E-state index in [4.69, 9.17) is 9.47 Å².